The van der Waals surface area contributed by atoms with Gasteiger partial charge in [0.05, 0.1) is 76.0 Å². The molecule has 2 unspecified atom stereocenters. The lowest BCUT2D eigenvalue weighted by Crippen LogP contribution is -2.51. The molecule has 540 valence electrons. The first-order chi connectivity index (χ1) is 45.4. The van der Waals surface area contributed by atoms with Gasteiger partial charge < -0.3 is 77.7 Å². The highest BCUT2D eigenvalue weighted by Crippen LogP contribution is 2.47. The lowest BCUT2D eigenvalue weighted by Gasteiger charge is -2.37. The molecule has 0 aromatic rings. The topological polar surface area (TPSA) is 432 Å². The molecule has 0 aromatic heterocycles. The van der Waals surface area contributed by atoms with E-state index in [0.29, 0.717) is 97.3 Å². The molecule has 27 heteroatoms. The Balaban J connectivity index is 1.89. The fraction of sp³-hybridized carbons (Fsp3) is 0.794. The Morgan fingerprint density at radius 1 is 0.568 bits per heavy atom. The molecule has 14 N–H and O–H groups in total. The summed E-state index contributed by atoms with van der Waals surface area (Å²) in [4.78, 5) is 134. The third-order valence-corrected chi connectivity index (χ3v) is 18.3. The Morgan fingerprint density at radius 2 is 1.07 bits per heavy atom. The Morgan fingerprint density at radius 3 is 1.59 bits per heavy atom. The fourth-order valence-corrected chi connectivity index (χ4v) is 13.5. The average Bonchev–Trinajstić information content (AvgIpc) is 1.65. The monoisotopic (exact) mass is 1340 g/mol. The van der Waals surface area contributed by atoms with Crippen LogP contribution in [-0.2, 0) is 71.6 Å². The first-order valence-corrected chi connectivity index (χ1v) is 34.6. The Kier molecular flexibility index (Phi) is 43.4. The molecule has 0 aromatic carbocycles. The second-order valence-electron chi connectivity index (χ2n) is 25.3. The summed E-state index contributed by atoms with van der Waals surface area (Å²) in [6.45, 7) is 13.7. The minimum absolute atomic E-state index is 0.00227. The van der Waals surface area contributed by atoms with Gasteiger partial charge in [-0.2, -0.15) is 0 Å². The van der Waals surface area contributed by atoms with Gasteiger partial charge in [0, 0.05) is 102 Å². The van der Waals surface area contributed by atoms with Gasteiger partial charge in [0.25, 0.3) is 0 Å². The van der Waals surface area contributed by atoms with Gasteiger partial charge in [-0.05, 0) is 68.6 Å². The van der Waals surface area contributed by atoms with Crippen molar-refractivity contribution in [2.24, 2.45) is 69.5 Å². The van der Waals surface area contributed by atoms with Crippen molar-refractivity contribution in [2.75, 3.05) is 65.9 Å². The minimum atomic E-state index is -1.11. The van der Waals surface area contributed by atoms with Gasteiger partial charge in [-0.25, -0.2) is 4.99 Å². The number of ketones is 2. The van der Waals surface area contributed by atoms with Crippen molar-refractivity contribution < 1.29 is 81.8 Å². The largest absolute Gasteiger partial charge is 0.481 e. The number of aliphatic imine (C=N–C) groups is 1. The van der Waals surface area contributed by atoms with Crippen molar-refractivity contribution in [3.05, 3.63) is 0 Å². The SMILES string of the molecule is C#CCOCCOCCOCCOCCC(=O)N[C@H](CCC(=O)CCCCCCCNC(=O)C[C@H]1[C@@H](C(NC(C)=O)C(CC)CC)[C@H](N=C(N)N)C[C@@H]1C(=O)O)C(=O)CCC(=O)NCCCCCCCC(=O)O[C@H]1[C@@H](C(NC(C)=O)C(CC)CC)[C@H](CC(=N)N)C[C@@H]1C(=O)O. The van der Waals surface area contributed by atoms with Crippen LogP contribution in [0.5, 0.6) is 0 Å². The van der Waals surface area contributed by atoms with Crippen LogP contribution in [0, 0.1) is 65.1 Å². The highest BCUT2D eigenvalue weighted by Gasteiger charge is 2.54. The second kappa shape index (κ2) is 48.9. The van der Waals surface area contributed by atoms with Crippen molar-refractivity contribution >= 4 is 70.8 Å². The van der Waals surface area contributed by atoms with Gasteiger partial charge in [0.15, 0.2) is 11.7 Å². The molecule has 2 aliphatic carbocycles. The van der Waals surface area contributed by atoms with Gasteiger partial charge in [-0.15, -0.1) is 6.42 Å². The van der Waals surface area contributed by atoms with E-state index in [0.717, 1.165) is 32.1 Å². The minimum Gasteiger partial charge on any atom is -0.481 e. The zero-order valence-electron chi connectivity index (χ0n) is 57.5. The molecular formula is C68H116N10O17. The normalized spacial score (nSPS) is 20.0. The molecule has 2 aliphatic rings. The number of terminal acetylenes is 1. The molecule has 5 amide bonds. The number of hydrogen-bond donors (Lipinski definition) is 11. The number of carboxylic acid groups (broad SMARTS) is 2. The lowest BCUT2D eigenvalue weighted by atomic mass is 9.75. The molecular weight excluding hydrogens is 1230 g/mol. The number of nitrogens with zero attached hydrogens (tertiary/aromatic N) is 1. The predicted molar refractivity (Wildman–Crippen MR) is 358 cm³/mol. The third-order valence-electron chi connectivity index (χ3n) is 18.3. The van der Waals surface area contributed by atoms with Crippen LogP contribution >= 0.6 is 0 Å². The molecule has 0 spiro atoms. The van der Waals surface area contributed by atoms with Crippen LogP contribution in [0.2, 0.25) is 0 Å². The highest BCUT2D eigenvalue weighted by molar-refractivity contribution is 5.92. The third kappa shape index (κ3) is 34.2. The van der Waals surface area contributed by atoms with E-state index in [1.165, 1.54) is 13.8 Å². The number of Topliss-reactive ketones (excluding diaryl/α,β-unsaturated/α-hetero) is 2. The zero-order chi connectivity index (χ0) is 70.7. The zero-order valence-corrected chi connectivity index (χ0v) is 57.5. The quantitative estimate of drug-likeness (QED) is 0.0125. The van der Waals surface area contributed by atoms with Gasteiger partial charge in [0.2, 0.25) is 29.5 Å². The average molecular weight is 1350 g/mol. The molecule has 2 rings (SSSR count). The second-order valence-corrected chi connectivity index (χ2v) is 25.3. The molecule has 0 heterocycles. The number of amidine groups is 1. The van der Waals surface area contributed by atoms with Gasteiger partial charge in [0.1, 0.15) is 18.5 Å². The summed E-state index contributed by atoms with van der Waals surface area (Å²) in [5, 5.41) is 43.1. The molecule has 0 bridgehead atoms. The van der Waals surface area contributed by atoms with E-state index in [2.05, 4.69) is 37.5 Å². The number of hydrogen-bond acceptors (Lipinski definition) is 17. The van der Waals surface area contributed by atoms with Crippen LogP contribution in [0.3, 0.4) is 0 Å². The summed E-state index contributed by atoms with van der Waals surface area (Å²) in [7, 11) is 0. The van der Waals surface area contributed by atoms with Crippen molar-refractivity contribution in [3.8, 4) is 12.3 Å². The van der Waals surface area contributed by atoms with E-state index in [1.807, 2.05) is 27.7 Å². The van der Waals surface area contributed by atoms with E-state index >= 15 is 0 Å². The number of ether oxygens (including phenoxy) is 5. The molecule has 95 heavy (non-hydrogen) atoms. The Bertz CT molecular complexity index is 2450. The number of unbranched alkanes of at least 4 members (excludes halogenated alkanes) is 8. The maximum atomic E-state index is 13.6. The van der Waals surface area contributed by atoms with E-state index in [4.69, 9.17) is 52.7 Å². The number of amides is 5. The molecule has 11 atom stereocenters. The Hall–Kier alpha value is -6.76. The van der Waals surface area contributed by atoms with Crippen LogP contribution in [-0.4, -0.2) is 177 Å². The first-order valence-electron chi connectivity index (χ1n) is 34.6. The fourth-order valence-electron chi connectivity index (χ4n) is 13.5. The summed E-state index contributed by atoms with van der Waals surface area (Å²) in [5.41, 5.74) is 17.4. The number of nitrogens with two attached hydrogens (primary N) is 3. The summed E-state index contributed by atoms with van der Waals surface area (Å²) in [5.74, 6) is -6.75. The van der Waals surface area contributed by atoms with Gasteiger partial charge >= 0.3 is 17.9 Å². The van der Waals surface area contributed by atoms with E-state index in [1.54, 1.807) is 0 Å². The smallest absolute Gasteiger partial charge is 0.310 e. The molecule has 27 nitrogen and oxygen atoms in total. The number of carbonyl (C=O) groups is 10. The summed E-state index contributed by atoms with van der Waals surface area (Å²) in [6.07, 6.45) is 14.1. The summed E-state index contributed by atoms with van der Waals surface area (Å²) in [6, 6.07) is -2.53. The number of rotatable bonds is 55. The molecule has 0 radical (unpaired) electrons. The van der Waals surface area contributed by atoms with Gasteiger partial charge in [-0.1, -0.05) is 97.8 Å². The predicted octanol–water partition coefficient (Wildman–Crippen LogP) is 5.00. The summed E-state index contributed by atoms with van der Waals surface area (Å²) < 4.78 is 27.6. The van der Waals surface area contributed by atoms with Crippen LogP contribution < -0.4 is 43.8 Å². The molecule has 0 saturated heterocycles. The van der Waals surface area contributed by atoms with E-state index in [9.17, 15) is 58.2 Å². The molecule has 0 aliphatic heterocycles. The maximum Gasteiger partial charge on any atom is 0.310 e. The standard InChI is InChI=1S/C68H116N10O17/c1-8-32-91-34-36-93-38-39-94-37-35-92-33-29-58(84)77-53(26-25-49(81)23-19-15-13-17-22-31-74-59(85)43-50-51(66(87)88)42-54(78-68(71)72)62(50)64(76-45(7)80)47(11-4)12-5)55(82)27-28-57(83)73-30-21-18-14-16-20-24-60(86)95-65-52(67(89)90)40-48(41-56(69)70)61(65)63(75-44(6)79)46(9-2)10-3/h1,46-48,50-54,61-65H,9-43H2,2-7H3,(H3,69,70)(H,73,83)(H,74,85)(H,75,79)(H,76,80)(H,77,84)(H,87,88)(H,89,90)(H4,71,72,78)/t48-,50+,51-,52-,53+,54+,61+,62+,63?,64?,65+/m0/s1. The van der Waals surface area contributed by atoms with E-state index in [-0.39, 0.29) is 156 Å². The Labute approximate surface area is 562 Å². The van der Waals surface area contributed by atoms with E-state index < -0.39 is 89.5 Å². The number of carbonyl (C=O) groups excluding carboxylic acids is 8. The first kappa shape index (κ1) is 84.3. The number of nitrogens with one attached hydrogen (secondary N) is 6. The van der Waals surface area contributed by atoms with Gasteiger partial charge in [-0.3, -0.25) is 53.4 Å². The number of carboxylic acids is 2. The number of esters is 1. The molecule has 2 saturated carbocycles. The number of guanidine groups is 1. The van der Waals surface area contributed by atoms with Crippen molar-refractivity contribution in [2.45, 2.75) is 232 Å². The van der Waals surface area contributed by atoms with Crippen LogP contribution in [0.25, 0.3) is 0 Å². The lowest BCUT2D eigenvalue weighted by molar-refractivity contribution is -0.160. The van der Waals surface area contributed by atoms with Crippen molar-refractivity contribution in [3.63, 3.8) is 0 Å². The van der Waals surface area contributed by atoms with Crippen LogP contribution in [0.15, 0.2) is 4.99 Å². The summed E-state index contributed by atoms with van der Waals surface area (Å²) >= 11 is 0. The van der Waals surface area contributed by atoms with Crippen molar-refractivity contribution in [1.29, 1.82) is 5.41 Å². The molecule has 2 fully saturated rings. The van der Waals surface area contributed by atoms with Crippen LogP contribution in [0.1, 0.15) is 202 Å². The van der Waals surface area contributed by atoms with Crippen molar-refractivity contribution in [1.82, 2.24) is 26.6 Å². The number of aliphatic carboxylic acids is 2. The van der Waals surface area contributed by atoms with Crippen LogP contribution in [0.4, 0.5) is 0 Å². The maximum absolute atomic E-state index is 13.6. The highest BCUT2D eigenvalue weighted by atomic mass is 16.6.